The summed E-state index contributed by atoms with van der Waals surface area (Å²) in [5.74, 6) is -3.17. The molecule has 0 aliphatic carbocycles. The number of hydrogen-bond acceptors (Lipinski definition) is 6. The molecular weight excluding hydrogens is 540 g/mol. The van der Waals surface area contributed by atoms with Crippen molar-refractivity contribution in [3.8, 4) is 0 Å². The summed E-state index contributed by atoms with van der Waals surface area (Å²) in [6.45, 7) is 8.92. The average molecular weight is 568 g/mol. The minimum absolute atomic E-state index is 0.00449. The highest BCUT2D eigenvalue weighted by Gasteiger charge is 2.77. The Balaban J connectivity index is 1.80. The summed E-state index contributed by atoms with van der Waals surface area (Å²) in [5, 5.41) is 10.1. The van der Waals surface area contributed by atoms with Crippen molar-refractivity contribution >= 4 is 51.0 Å². The van der Waals surface area contributed by atoms with E-state index in [-0.39, 0.29) is 31.1 Å². The van der Waals surface area contributed by atoms with Gasteiger partial charge >= 0.3 is 5.97 Å². The molecule has 1 aromatic carbocycles. The largest absolute Gasteiger partial charge is 0.461 e. The maximum atomic E-state index is 14.3. The second kappa shape index (κ2) is 10.0. The highest BCUT2D eigenvalue weighted by Crippen LogP contribution is 2.60. The summed E-state index contributed by atoms with van der Waals surface area (Å²) in [4.78, 5) is 43.5. The van der Waals surface area contributed by atoms with Gasteiger partial charge in [0.15, 0.2) is 0 Å². The van der Waals surface area contributed by atoms with E-state index in [0.29, 0.717) is 17.1 Å². The van der Waals surface area contributed by atoms with Crippen molar-refractivity contribution in [1.82, 2.24) is 4.90 Å². The quantitative estimate of drug-likeness (QED) is 0.280. The fourth-order valence-electron chi connectivity index (χ4n) is 5.80. The van der Waals surface area contributed by atoms with E-state index in [2.05, 4.69) is 29.1 Å². The molecule has 10 heteroatoms. The molecule has 1 N–H and O–H groups in total. The lowest BCUT2D eigenvalue weighted by Crippen LogP contribution is -2.57. The number of likely N-dealkylation sites (tertiary alicyclic amines) is 1. The average Bonchev–Trinajstić information content (AvgIpc) is 3.40. The van der Waals surface area contributed by atoms with Crippen molar-refractivity contribution in [3.63, 3.8) is 0 Å². The monoisotopic (exact) mass is 566 g/mol. The molecular formula is C25H28BrClN2O6. The number of carbonyl (C=O) groups is 3. The fraction of sp³-hybridized carbons (Fsp3) is 0.480. The Hall–Kier alpha value is -2.20. The van der Waals surface area contributed by atoms with Crippen LogP contribution in [0.5, 0.6) is 0 Å². The minimum Gasteiger partial charge on any atom is -0.461 e. The lowest BCUT2D eigenvalue weighted by atomic mass is 9.70. The maximum Gasteiger partial charge on any atom is 0.312 e. The van der Waals surface area contributed by atoms with E-state index in [1.54, 1.807) is 18.2 Å². The first kappa shape index (κ1) is 25.9. The van der Waals surface area contributed by atoms with Crippen molar-refractivity contribution in [3.05, 3.63) is 54.1 Å². The Bertz CT molecular complexity index is 1050. The zero-order chi connectivity index (χ0) is 25.5. The lowest BCUT2D eigenvalue weighted by Gasteiger charge is -2.37. The Kier molecular flexibility index (Phi) is 7.43. The smallest absolute Gasteiger partial charge is 0.312 e. The number of β-amino-alcohol motifs (C(OH)–C–C–N with tert-alkyl or cyclic N) is 1. The van der Waals surface area contributed by atoms with Crippen LogP contribution >= 0.6 is 27.5 Å². The van der Waals surface area contributed by atoms with Crippen molar-refractivity contribution in [2.45, 2.75) is 35.9 Å². The molecule has 188 valence electrons. The van der Waals surface area contributed by atoms with Crippen LogP contribution < -0.4 is 4.90 Å². The first-order chi connectivity index (χ1) is 16.7. The molecule has 4 rings (SSSR count). The van der Waals surface area contributed by atoms with Crippen LogP contribution in [-0.4, -0.2) is 76.7 Å². The summed E-state index contributed by atoms with van der Waals surface area (Å²) in [6.07, 6.45) is 2.76. The molecule has 8 nitrogen and oxygen atoms in total. The molecule has 2 bridgehead atoms. The van der Waals surface area contributed by atoms with Gasteiger partial charge in [-0.25, -0.2) is 0 Å². The molecule has 6 atom stereocenters. The molecule has 3 saturated heterocycles. The number of alkyl halides is 1. The predicted octanol–water partition coefficient (Wildman–Crippen LogP) is 2.64. The van der Waals surface area contributed by atoms with Gasteiger partial charge in [0.2, 0.25) is 5.91 Å². The van der Waals surface area contributed by atoms with Gasteiger partial charge in [-0.2, -0.15) is 0 Å². The molecule has 3 unspecified atom stereocenters. The number of nitrogens with zero attached hydrogens (tertiary/aromatic N) is 2. The number of aliphatic hydroxyl groups excluding tert-OH is 1. The number of para-hydroxylation sites is 1. The summed E-state index contributed by atoms with van der Waals surface area (Å²) < 4.78 is 11.7. The number of rotatable bonds is 9. The van der Waals surface area contributed by atoms with Crippen molar-refractivity contribution in [2.24, 2.45) is 11.8 Å². The zero-order valence-corrected chi connectivity index (χ0v) is 21.7. The number of amides is 2. The summed E-state index contributed by atoms with van der Waals surface area (Å²) in [5.41, 5.74) is 0.0371. The third-order valence-electron chi connectivity index (χ3n) is 7.02. The van der Waals surface area contributed by atoms with E-state index in [1.807, 2.05) is 13.0 Å². The number of fused-ring (bicyclic) bond motifs is 1. The number of carbonyl (C=O) groups excluding carboxylic acids is 3. The van der Waals surface area contributed by atoms with Gasteiger partial charge in [-0.1, -0.05) is 58.4 Å². The molecule has 1 spiro atoms. The third kappa shape index (κ3) is 4.02. The number of aryl methyl sites for hydroxylation is 1. The third-order valence-corrected chi connectivity index (χ3v) is 8.17. The van der Waals surface area contributed by atoms with Crippen LogP contribution in [0.25, 0.3) is 0 Å². The topological polar surface area (TPSA) is 96.4 Å². The van der Waals surface area contributed by atoms with E-state index >= 15 is 0 Å². The number of hydrogen-bond donors (Lipinski definition) is 1. The van der Waals surface area contributed by atoms with Crippen LogP contribution in [0.15, 0.2) is 43.5 Å². The first-order valence-corrected chi connectivity index (χ1v) is 12.7. The molecule has 2 amide bonds. The van der Waals surface area contributed by atoms with Gasteiger partial charge < -0.3 is 24.4 Å². The van der Waals surface area contributed by atoms with Gasteiger partial charge in [0, 0.05) is 17.9 Å². The second-order valence-electron chi connectivity index (χ2n) is 8.98. The van der Waals surface area contributed by atoms with Crippen LogP contribution in [0.4, 0.5) is 5.69 Å². The molecule has 3 heterocycles. The molecule has 0 radical (unpaired) electrons. The molecule has 1 aromatic rings. The highest BCUT2D eigenvalue weighted by molar-refractivity contribution is 9.09. The van der Waals surface area contributed by atoms with Crippen molar-refractivity contribution < 1.29 is 29.0 Å². The van der Waals surface area contributed by atoms with E-state index < -0.39 is 47.4 Å². The molecule has 0 saturated carbocycles. The number of esters is 1. The number of aliphatic hydroxyl groups is 1. The van der Waals surface area contributed by atoms with Gasteiger partial charge in [0.25, 0.3) is 5.91 Å². The molecule has 0 aromatic heterocycles. The number of benzene rings is 1. The summed E-state index contributed by atoms with van der Waals surface area (Å²) >= 11 is 10.1. The maximum absolute atomic E-state index is 14.3. The molecule has 3 aliphatic rings. The Labute approximate surface area is 217 Å². The van der Waals surface area contributed by atoms with E-state index in [1.165, 1.54) is 15.9 Å². The standard InChI is InChI=1S/C25H28BrClN2O6/c1-4-9-28(19-14(3)7-6-8-16(19)27)23(32)21-25-13-15(26)20(35-25)17(24(33)34-12-5-2)18(25)22(31)29(21)10-11-30/h4-8,15,17-18,20-21,30H,1-2,9-13H2,3H3/t15?,17-,18+,20-,21?,25?/m1/s1. The molecule has 35 heavy (non-hydrogen) atoms. The van der Waals surface area contributed by atoms with Crippen LogP contribution in [0, 0.1) is 18.8 Å². The van der Waals surface area contributed by atoms with Crippen LogP contribution in [0.1, 0.15) is 12.0 Å². The number of anilines is 1. The van der Waals surface area contributed by atoms with Crippen LogP contribution in [0.3, 0.4) is 0 Å². The second-order valence-corrected chi connectivity index (χ2v) is 10.6. The minimum atomic E-state index is -1.26. The molecule has 3 aliphatic heterocycles. The van der Waals surface area contributed by atoms with Crippen LogP contribution in [-0.2, 0) is 23.9 Å². The lowest BCUT2D eigenvalue weighted by molar-refractivity contribution is -0.153. The SMILES string of the molecule is C=CCOC(=O)[C@H]1[C@@H]2OC3(CC2Br)C(C(=O)N(CC=C)c2c(C)cccc2Cl)N(CCO)C(=O)[C@H]13. The van der Waals surface area contributed by atoms with Gasteiger partial charge in [-0.05, 0) is 25.0 Å². The van der Waals surface area contributed by atoms with Gasteiger partial charge in [0.1, 0.15) is 18.2 Å². The fourth-order valence-corrected chi connectivity index (χ4v) is 7.06. The summed E-state index contributed by atoms with van der Waals surface area (Å²) in [7, 11) is 0. The Morgan fingerprint density at radius 3 is 2.77 bits per heavy atom. The van der Waals surface area contributed by atoms with Gasteiger partial charge in [-0.3, -0.25) is 14.4 Å². The van der Waals surface area contributed by atoms with E-state index in [9.17, 15) is 19.5 Å². The first-order valence-electron chi connectivity index (χ1n) is 11.4. The van der Waals surface area contributed by atoms with Crippen LogP contribution in [0.2, 0.25) is 5.02 Å². The van der Waals surface area contributed by atoms with E-state index in [4.69, 9.17) is 21.1 Å². The highest BCUT2D eigenvalue weighted by atomic mass is 79.9. The van der Waals surface area contributed by atoms with Crippen molar-refractivity contribution in [1.29, 1.82) is 0 Å². The predicted molar refractivity (Wildman–Crippen MR) is 134 cm³/mol. The normalized spacial score (nSPS) is 30.8. The molecule has 3 fully saturated rings. The van der Waals surface area contributed by atoms with E-state index in [0.717, 1.165) is 5.56 Å². The zero-order valence-electron chi connectivity index (χ0n) is 19.4. The Morgan fingerprint density at radius 1 is 1.40 bits per heavy atom. The van der Waals surface area contributed by atoms with Gasteiger partial charge in [-0.15, -0.1) is 6.58 Å². The Morgan fingerprint density at radius 2 is 2.14 bits per heavy atom. The van der Waals surface area contributed by atoms with Crippen molar-refractivity contribution in [2.75, 3.05) is 31.2 Å². The summed E-state index contributed by atoms with van der Waals surface area (Å²) in [6, 6.07) is 4.26. The van der Waals surface area contributed by atoms with Gasteiger partial charge in [0.05, 0.1) is 35.3 Å². The number of ether oxygens (including phenoxy) is 2. The number of halogens is 2.